The van der Waals surface area contributed by atoms with Crippen LogP contribution in [0.2, 0.25) is 18.1 Å². The van der Waals surface area contributed by atoms with Crippen LogP contribution < -0.4 is 0 Å². The fourth-order valence-corrected chi connectivity index (χ4v) is 2.52. The van der Waals surface area contributed by atoms with E-state index in [1.807, 2.05) is 6.07 Å². The number of hydrogen-bond acceptors (Lipinski definition) is 2. The van der Waals surface area contributed by atoms with Crippen molar-refractivity contribution in [2.45, 2.75) is 52.1 Å². The lowest BCUT2D eigenvalue weighted by Gasteiger charge is -2.36. The molecule has 0 amide bonds. The fourth-order valence-electron chi connectivity index (χ4n) is 1.57. The monoisotopic (exact) mass is 292 g/mol. The second-order valence-electron chi connectivity index (χ2n) is 6.62. The van der Waals surface area contributed by atoms with Crippen molar-refractivity contribution in [2.24, 2.45) is 0 Å². The molecule has 0 radical (unpaired) electrons. The Morgan fingerprint density at radius 3 is 2.15 bits per heavy atom. The molecule has 0 aliphatic rings. The third kappa shape index (κ3) is 4.89. The van der Waals surface area contributed by atoms with Gasteiger partial charge in [-0.25, -0.2) is 0 Å². The molecule has 1 aromatic rings. The Hall–Kier alpha value is -0.903. The van der Waals surface area contributed by atoms with E-state index in [-0.39, 0.29) is 5.04 Å². The number of ether oxygens (including phenoxy) is 1. The minimum Gasteiger partial charge on any atom is -0.413 e. The van der Waals surface area contributed by atoms with Crippen molar-refractivity contribution in [1.29, 1.82) is 0 Å². The van der Waals surface area contributed by atoms with Crippen LogP contribution in [0.25, 0.3) is 0 Å². The van der Waals surface area contributed by atoms with Crippen LogP contribution in [0.5, 0.6) is 0 Å². The topological polar surface area (TPSA) is 18.5 Å². The molecule has 1 rings (SSSR count). The standard InChI is InChI=1S/C17H28O2Si/c1-7-12-18-13-15-10-8-9-11-16(15)14-19-20(5,6)17(2,3)4/h7-11H,1,12-14H2,2-6H3. The minimum atomic E-state index is -1.71. The number of rotatable bonds is 7. The van der Waals surface area contributed by atoms with E-state index in [0.29, 0.717) is 19.8 Å². The Balaban J connectivity index is 2.70. The second kappa shape index (κ2) is 7.20. The van der Waals surface area contributed by atoms with E-state index >= 15 is 0 Å². The predicted octanol–water partition coefficient (Wildman–Crippen LogP) is 4.91. The third-order valence-electron chi connectivity index (χ3n) is 4.01. The summed E-state index contributed by atoms with van der Waals surface area (Å²) in [4.78, 5) is 0. The number of hydrogen-bond donors (Lipinski definition) is 0. The van der Waals surface area contributed by atoms with Gasteiger partial charge in [0.25, 0.3) is 0 Å². The molecule has 0 heterocycles. The molecule has 0 spiro atoms. The SMILES string of the molecule is C=CCOCc1ccccc1CO[Si](C)(C)C(C)(C)C. The summed E-state index contributed by atoms with van der Waals surface area (Å²) in [6.07, 6.45) is 1.77. The van der Waals surface area contributed by atoms with E-state index < -0.39 is 8.32 Å². The first-order chi connectivity index (χ1) is 9.28. The van der Waals surface area contributed by atoms with E-state index in [1.165, 1.54) is 11.1 Å². The molecule has 2 nitrogen and oxygen atoms in total. The Kier molecular flexibility index (Phi) is 6.18. The molecule has 112 valence electrons. The highest BCUT2D eigenvalue weighted by Crippen LogP contribution is 2.37. The molecule has 1 aromatic carbocycles. The lowest BCUT2D eigenvalue weighted by atomic mass is 10.1. The average Bonchev–Trinajstić information content (AvgIpc) is 2.36. The van der Waals surface area contributed by atoms with E-state index in [9.17, 15) is 0 Å². The summed E-state index contributed by atoms with van der Waals surface area (Å²) in [5.41, 5.74) is 2.43. The van der Waals surface area contributed by atoms with Crippen LogP contribution in [-0.2, 0) is 22.4 Å². The predicted molar refractivity (Wildman–Crippen MR) is 88.3 cm³/mol. The lowest BCUT2D eigenvalue weighted by Crippen LogP contribution is -2.40. The van der Waals surface area contributed by atoms with E-state index in [4.69, 9.17) is 9.16 Å². The van der Waals surface area contributed by atoms with E-state index in [2.05, 4.69) is 58.6 Å². The van der Waals surface area contributed by atoms with Crippen LogP contribution in [0.15, 0.2) is 36.9 Å². The van der Waals surface area contributed by atoms with Gasteiger partial charge in [0, 0.05) is 0 Å². The first kappa shape index (κ1) is 17.1. The molecular formula is C17H28O2Si. The molecule has 0 atom stereocenters. The van der Waals surface area contributed by atoms with Crippen LogP contribution in [0.1, 0.15) is 31.9 Å². The molecule has 0 saturated carbocycles. The van der Waals surface area contributed by atoms with Gasteiger partial charge in [-0.05, 0) is 29.3 Å². The maximum Gasteiger partial charge on any atom is 0.192 e. The highest BCUT2D eigenvalue weighted by Gasteiger charge is 2.37. The molecule has 0 unspecified atom stereocenters. The van der Waals surface area contributed by atoms with Gasteiger partial charge in [0.2, 0.25) is 0 Å². The summed E-state index contributed by atoms with van der Waals surface area (Å²) in [6.45, 7) is 16.9. The van der Waals surface area contributed by atoms with Crippen LogP contribution in [0.3, 0.4) is 0 Å². The van der Waals surface area contributed by atoms with Gasteiger partial charge in [-0.2, -0.15) is 0 Å². The molecule has 0 fully saturated rings. The third-order valence-corrected chi connectivity index (χ3v) is 8.48. The Morgan fingerprint density at radius 1 is 1.10 bits per heavy atom. The first-order valence-electron chi connectivity index (χ1n) is 7.17. The Bertz CT molecular complexity index is 433. The first-order valence-corrected chi connectivity index (χ1v) is 10.1. The van der Waals surface area contributed by atoms with Gasteiger partial charge in [-0.15, -0.1) is 6.58 Å². The van der Waals surface area contributed by atoms with Gasteiger partial charge in [-0.3, -0.25) is 0 Å². The van der Waals surface area contributed by atoms with Crippen molar-refractivity contribution in [1.82, 2.24) is 0 Å². The normalized spacial score (nSPS) is 12.4. The summed E-state index contributed by atoms with van der Waals surface area (Å²) in [5.74, 6) is 0. The number of benzene rings is 1. The molecule has 0 saturated heterocycles. The van der Waals surface area contributed by atoms with Crippen molar-refractivity contribution in [3.63, 3.8) is 0 Å². The summed E-state index contributed by atoms with van der Waals surface area (Å²) in [6, 6.07) is 8.33. The zero-order valence-corrected chi connectivity index (χ0v) is 14.5. The van der Waals surface area contributed by atoms with Crippen molar-refractivity contribution < 1.29 is 9.16 Å². The zero-order chi connectivity index (χ0) is 15.2. The van der Waals surface area contributed by atoms with Crippen molar-refractivity contribution >= 4 is 8.32 Å². The van der Waals surface area contributed by atoms with Gasteiger partial charge in [0.15, 0.2) is 8.32 Å². The van der Waals surface area contributed by atoms with Crippen LogP contribution in [0.4, 0.5) is 0 Å². The molecule has 0 bridgehead atoms. The summed E-state index contributed by atoms with van der Waals surface area (Å²) in [7, 11) is -1.71. The smallest absolute Gasteiger partial charge is 0.192 e. The summed E-state index contributed by atoms with van der Waals surface area (Å²) in [5, 5.41) is 0.237. The van der Waals surface area contributed by atoms with Gasteiger partial charge < -0.3 is 9.16 Å². The Morgan fingerprint density at radius 2 is 1.65 bits per heavy atom. The van der Waals surface area contributed by atoms with Crippen LogP contribution in [0, 0.1) is 0 Å². The van der Waals surface area contributed by atoms with Gasteiger partial charge >= 0.3 is 0 Å². The summed E-state index contributed by atoms with van der Waals surface area (Å²) >= 11 is 0. The van der Waals surface area contributed by atoms with Gasteiger partial charge in [0.05, 0.1) is 19.8 Å². The highest BCUT2D eigenvalue weighted by atomic mass is 28.4. The molecular weight excluding hydrogens is 264 g/mol. The molecule has 0 aliphatic carbocycles. The maximum atomic E-state index is 6.29. The summed E-state index contributed by atoms with van der Waals surface area (Å²) < 4.78 is 11.8. The quantitative estimate of drug-likeness (QED) is 0.404. The molecule has 20 heavy (non-hydrogen) atoms. The van der Waals surface area contributed by atoms with Gasteiger partial charge in [-0.1, -0.05) is 51.1 Å². The second-order valence-corrected chi connectivity index (χ2v) is 11.4. The minimum absolute atomic E-state index is 0.237. The van der Waals surface area contributed by atoms with E-state index in [0.717, 1.165) is 0 Å². The fraction of sp³-hybridized carbons (Fsp3) is 0.529. The van der Waals surface area contributed by atoms with E-state index in [1.54, 1.807) is 6.08 Å². The Labute approximate surface area is 124 Å². The molecule has 0 aliphatic heterocycles. The average molecular weight is 292 g/mol. The van der Waals surface area contributed by atoms with Crippen LogP contribution in [-0.4, -0.2) is 14.9 Å². The zero-order valence-electron chi connectivity index (χ0n) is 13.5. The largest absolute Gasteiger partial charge is 0.413 e. The molecule has 0 N–H and O–H groups in total. The highest BCUT2D eigenvalue weighted by molar-refractivity contribution is 6.74. The maximum absolute atomic E-state index is 6.29. The van der Waals surface area contributed by atoms with Gasteiger partial charge in [0.1, 0.15) is 0 Å². The van der Waals surface area contributed by atoms with Crippen molar-refractivity contribution in [2.75, 3.05) is 6.61 Å². The molecule has 0 aromatic heterocycles. The molecule has 3 heteroatoms. The van der Waals surface area contributed by atoms with Crippen molar-refractivity contribution in [3.8, 4) is 0 Å². The van der Waals surface area contributed by atoms with Crippen molar-refractivity contribution in [3.05, 3.63) is 48.0 Å². The lowest BCUT2D eigenvalue weighted by molar-refractivity contribution is 0.146. The van der Waals surface area contributed by atoms with Crippen LogP contribution >= 0.6 is 0 Å².